The van der Waals surface area contributed by atoms with E-state index in [1.807, 2.05) is 0 Å². The maximum absolute atomic E-state index is 6.86. The molecule has 268 valence electrons. The second kappa shape index (κ2) is 11.9. The van der Waals surface area contributed by atoms with Gasteiger partial charge in [-0.25, -0.2) is 0 Å². The van der Waals surface area contributed by atoms with Crippen molar-refractivity contribution in [2.75, 3.05) is 0 Å². The topological polar surface area (TPSA) is 26.3 Å². The molecule has 2 nitrogen and oxygen atoms in total. The highest BCUT2D eigenvalue weighted by Gasteiger charge is 2.23. The average Bonchev–Trinajstić information content (AvgIpc) is 3.84. The van der Waals surface area contributed by atoms with Gasteiger partial charge in [0.15, 0.2) is 0 Å². The van der Waals surface area contributed by atoms with Gasteiger partial charge in [0.1, 0.15) is 22.3 Å². The largest absolute Gasteiger partial charge is 0.455 e. The van der Waals surface area contributed by atoms with Gasteiger partial charge in [0.2, 0.25) is 0 Å². The normalized spacial score (nSPS) is 12.1. The van der Waals surface area contributed by atoms with E-state index < -0.39 is 0 Å². The molecule has 0 saturated carbocycles. The molecule has 2 heterocycles. The zero-order valence-corrected chi connectivity index (χ0v) is 31.3. The SMILES string of the molecule is c1ccc2c(-c3c4cccc(-c5c6ccccc6cc6c5oc5ccccc56)c4cc4c(-c5c6ccccc6cc6c5oc5ccccc56)cccc34)cccc2c1. The Kier molecular flexibility index (Phi) is 6.47. The number of fused-ring (bicyclic) bond motifs is 11. The first-order valence-corrected chi connectivity index (χ1v) is 19.9. The molecule has 0 N–H and O–H groups in total. The van der Waals surface area contributed by atoms with Gasteiger partial charge in [0.05, 0.1) is 0 Å². The van der Waals surface area contributed by atoms with E-state index in [1.165, 1.54) is 65.0 Å². The minimum Gasteiger partial charge on any atom is -0.455 e. The molecule has 0 unspecified atom stereocenters. The third-order valence-corrected chi connectivity index (χ3v) is 12.4. The van der Waals surface area contributed by atoms with Crippen LogP contribution in [0.2, 0.25) is 0 Å². The first-order valence-electron chi connectivity index (χ1n) is 19.9. The third kappa shape index (κ3) is 4.37. The van der Waals surface area contributed by atoms with Gasteiger partial charge in [0.25, 0.3) is 0 Å². The first-order chi connectivity index (χ1) is 28.8. The fourth-order valence-electron chi connectivity index (χ4n) is 9.92. The standard InChI is InChI=1S/C56H32O2/c1-4-18-36-33(14-1)17-11-23-41(36)52-42-24-12-26-44(53-37-19-5-2-15-34(37)30-48-39-21-7-9-28-50(39)57-55(48)53)46(42)32-47-43(52)25-13-27-45(47)54-38-20-6-3-16-35(38)31-49-40-22-8-10-29-51(40)58-56(49)54/h1-32H. The fourth-order valence-corrected chi connectivity index (χ4v) is 9.92. The minimum atomic E-state index is 0.893. The highest BCUT2D eigenvalue weighted by atomic mass is 16.3. The van der Waals surface area contributed by atoms with Crippen molar-refractivity contribution < 1.29 is 8.83 Å². The van der Waals surface area contributed by atoms with Crippen LogP contribution in [0.1, 0.15) is 0 Å². The summed E-state index contributed by atoms with van der Waals surface area (Å²) in [5, 5.41) is 16.4. The van der Waals surface area contributed by atoms with Gasteiger partial charge in [-0.05, 0) is 106 Å². The van der Waals surface area contributed by atoms with Gasteiger partial charge in [-0.3, -0.25) is 0 Å². The van der Waals surface area contributed by atoms with Crippen LogP contribution in [-0.2, 0) is 0 Å². The maximum atomic E-state index is 6.86. The van der Waals surface area contributed by atoms with E-state index in [0.29, 0.717) is 0 Å². The molecule has 0 aliphatic heterocycles. The Labute approximate surface area is 332 Å². The van der Waals surface area contributed by atoms with E-state index in [2.05, 4.69) is 194 Å². The second-order valence-corrected chi connectivity index (χ2v) is 15.5. The number of para-hydroxylation sites is 2. The van der Waals surface area contributed by atoms with Gasteiger partial charge >= 0.3 is 0 Å². The summed E-state index contributed by atoms with van der Waals surface area (Å²) in [4.78, 5) is 0. The van der Waals surface area contributed by atoms with Crippen LogP contribution >= 0.6 is 0 Å². The summed E-state index contributed by atoms with van der Waals surface area (Å²) in [6.45, 7) is 0. The van der Waals surface area contributed by atoms with Gasteiger partial charge < -0.3 is 8.83 Å². The van der Waals surface area contributed by atoms with Gasteiger partial charge in [-0.1, -0.05) is 164 Å². The lowest BCUT2D eigenvalue weighted by Crippen LogP contribution is -1.93. The summed E-state index contributed by atoms with van der Waals surface area (Å²) in [5.41, 5.74) is 10.5. The lowest BCUT2D eigenvalue weighted by molar-refractivity contribution is 0.670. The van der Waals surface area contributed by atoms with Crippen LogP contribution in [0.4, 0.5) is 0 Å². The molecule has 0 aliphatic rings. The third-order valence-electron chi connectivity index (χ3n) is 12.4. The molecule has 0 saturated heterocycles. The fraction of sp³-hybridized carbons (Fsp3) is 0. The smallest absolute Gasteiger partial charge is 0.143 e. The highest BCUT2D eigenvalue weighted by molar-refractivity contribution is 6.28. The molecule has 0 aliphatic carbocycles. The molecular formula is C56H32O2. The zero-order valence-electron chi connectivity index (χ0n) is 31.3. The molecule has 0 amide bonds. The van der Waals surface area contributed by atoms with Crippen molar-refractivity contribution in [1.82, 2.24) is 0 Å². The maximum Gasteiger partial charge on any atom is 0.143 e. The van der Waals surface area contributed by atoms with Crippen molar-refractivity contribution >= 4 is 97.7 Å². The Balaban J connectivity index is 1.25. The van der Waals surface area contributed by atoms with Crippen molar-refractivity contribution in [3.8, 4) is 33.4 Å². The second-order valence-electron chi connectivity index (χ2n) is 15.5. The average molecular weight is 737 g/mol. The van der Waals surface area contributed by atoms with Crippen molar-refractivity contribution in [3.63, 3.8) is 0 Å². The summed E-state index contributed by atoms with van der Waals surface area (Å²) in [6, 6.07) is 70.4. The van der Waals surface area contributed by atoms with Gasteiger partial charge in [-0.15, -0.1) is 0 Å². The molecule has 2 aromatic heterocycles. The van der Waals surface area contributed by atoms with Crippen LogP contribution in [0.5, 0.6) is 0 Å². The van der Waals surface area contributed by atoms with E-state index >= 15 is 0 Å². The number of benzene rings is 11. The summed E-state index contributed by atoms with van der Waals surface area (Å²) in [6.07, 6.45) is 0. The Morgan fingerprint density at radius 2 is 0.603 bits per heavy atom. The molecule has 0 radical (unpaired) electrons. The molecule has 0 bridgehead atoms. The quantitative estimate of drug-likeness (QED) is 0.169. The Bertz CT molecular complexity index is 3640. The first kappa shape index (κ1) is 31.5. The lowest BCUT2D eigenvalue weighted by atomic mass is 9.83. The van der Waals surface area contributed by atoms with E-state index in [1.54, 1.807) is 0 Å². The Hall–Kier alpha value is -7.68. The van der Waals surface area contributed by atoms with E-state index in [4.69, 9.17) is 8.83 Å². The van der Waals surface area contributed by atoms with Crippen molar-refractivity contribution in [2.45, 2.75) is 0 Å². The van der Waals surface area contributed by atoms with Crippen LogP contribution in [0, 0.1) is 0 Å². The van der Waals surface area contributed by atoms with E-state index in [-0.39, 0.29) is 0 Å². The van der Waals surface area contributed by atoms with Gasteiger partial charge in [0, 0.05) is 32.7 Å². The summed E-state index contributed by atoms with van der Waals surface area (Å²) in [5.74, 6) is 0. The molecule has 11 aromatic carbocycles. The summed E-state index contributed by atoms with van der Waals surface area (Å²) >= 11 is 0. The Morgan fingerprint density at radius 1 is 0.224 bits per heavy atom. The predicted molar refractivity (Wildman–Crippen MR) is 245 cm³/mol. The number of hydrogen-bond donors (Lipinski definition) is 0. The molecule has 58 heavy (non-hydrogen) atoms. The number of furan rings is 2. The Morgan fingerprint density at radius 3 is 1.14 bits per heavy atom. The van der Waals surface area contributed by atoms with Crippen LogP contribution in [-0.4, -0.2) is 0 Å². The molecule has 0 atom stereocenters. The van der Waals surface area contributed by atoms with E-state index in [0.717, 1.165) is 66.1 Å². The molecule has 13 rings (SSSR count). The lowest BCUT2D eigenvalue weighted by Gasteiger charge is -2.19. The number of rotatable bonds is 3. The van der Waals surface area contributed by atoms with Crippen molar-refractivity contribution in [1.29, 1.82) is 0 Å². The summed E-state index contributed by atoms with van der Waals surface area (Å²) < 4.78 is 13.7. The molecule has 2 heteroatoms. The number of hydrogen-bond acceptors (Lipinski definition) is 2. The highest BCUT2D eigenvalue weighted by Crippen LogP contribution is 2.50. The van der Waals surface area contributed by atoms with Crippen molar-refractivity contribution in [3.05, 3.63) is 194 Å². The molecular weight excluding hydrogens is 705 g/mol. The molecule has 13 aromatic rings. The van der Waals surface area contributed by atoms with Crippen LogP contribution < -0.4 is 0 Å². The molecule has 0 spiro atoms. The monoisotopic (exact) mass is 736 g/mol. The predicted octanol–water partition coefficient (Wildman–Crippen LogP) is 16.3. The van der Waals surface area contributed by atoms with E-state index in [9.17, 15) is 0 Å². The zero-order chi connectivity index (χ0) is 37.9. The molecule has 0 fully saturated rings. The summed E-state index contributed by atoms with van der Waals surface area (Å²) in [7, 11) is 0. The van der Waals surface area contributed by atoms with Crippen LogP contribution in [0.15, 0.2) is 203 Å². The van der Waals surface area contributed by atoms with Crippen LogP contribution in [0.25, 0.3) is 131 Å². The van der Waals surface area contributed by atoms with Crippen molar-refractivity contribution in [2.24, 2.45) is 0 Å². The van der Waals surface area contributed by atoms with Crippen LogP contribution in [0.3, 0.4) is 0 Å². The minimum absolute atomic E-state index is 0.893. The van der Waals surface area contributed by atoms with Gasteiger partial charge in [-0.2, -0.15) is 0 Å².